The molecule has 0 unspecified atom stereocenters. The van der Waals surface area contributed by atoms with E-state index in [0.717, 1.165) is 25.9 Å². The molecule has 0 bridgehead atoms. The summed E-state index contributed by atoms with van der Waals surface area (Å²) >= 11 is 0. The number of carbonyl (C=O) groups is 1. The Hall–Kier alpha value is -1.65. The third kappa shape index (κ3) is 3.84. The largest absolute Gasteiger partial charge is 0.351 e. The second-order valence-electron chi connectivity index (χ2n) is 2.93. The highest BCUT2D eigenvalue weighted by Crippen LogP contribution is 2.05. The summed E-state index contributed by atoms with van der Waals surface area (Å²) in [5.74, 6) is 0. The van der Waals surface area contributed by atoms with Crippen LogP contribution in [-0.4, -0.2) is 34.0 Å². The molecule has 76 valence electrons. The Morgan fingerprint density at radius 1 is 1.07 bits per heavy atom. The Balaban J connectivity index is 0.000000146. The van der Waals surface area contributed by atoms with Crippen LogP contribution in [0.5, 0.6) is 0 Å². The zero-order chi connectivity index (χ0) is 10.2. The number of hydrogen-bond donors (Lipinski definition) is 1. The van der Waals surface area contributed by atoms with Crippen molar-refractivity contribution in [1.82, 2.24) is 14.9 Å². The zero-order valence-electron chi connectivity index (χ0n) is 7.97. The summed E-state index contributed by atoms with van der Waals surface area (Å²) in [7, 11) is 0. The van der Waals surface area contributed by atoms with Gasteiger partial charge in [-0.3, -0.25) is 9.97 Å². The van der Waals surface area contributed by atoms with Crippen LogP contribution in [0, 0.1) is 0 Å². The molecular formula is C9H14N4O. The molecule has 2 heterocycles. The number of amides is 2. The minimum Gasteiger partial charge on any atom is -0.351 e. The monoisotopic (exact) mass is 194 g/mol. The van der Waals surface area contributed by atoms with E-state index in [9.17, 15) is 4.79 Å². The minimum absolute atomic E-state index is 0.275. The molecule has 0 radical (unpaired) electrons. The number of nitrogens with two attached hydrogens (primary N) is 1. The molecule has 2 amide bonds. The molecule has 1 aliphatic heterocycles. The highest BCUT2D eigenvalue weighted by atomic mass is 16.2. The van der Waals surface area contributed by atoms with E-state index in [1.807, 2.05) is 0 Å². The van der Waals surface area contributed by atoms with Crippen molar-refractivity contribution in [1.29, 1.82) is 0 Å². The molecule has 14 heavy (non-hydrogen) atoms. The van der Waals surface area contributed by atoms with Crippen LogP contribution >= 0.6 is 0 Å². The lowest BCUT2D eigenvalue weighted by atomic mass is 10.4. The third-order valence-corrected chi connectivity index (χ3v) is 1.90. The first kappa shape index (κ1) is 10.4. The van der Waals surface area contributed by atoms with Crippen LogP contribution in [0.15, 0.2) is 24.8 Å². The van der Waals surface area contributed by atoms with Crippen LogP contribution in [0.25, 0.3) is 0 Å². The molecule has 0 saturated carbocycles. The van der Waals surface area contributed by atoms with Crippen molar-refractivity contribution in [3.05, 3.63) is 24.8 Å². The first-order chi connectivity index (χ1) is 6.80. The fraction of sp³-hybridized carbons (Fsp3) is 0.444. The molecule has 5 heteroatoms. The Labute approximate surface area is 83.0 Å². The lowest BCUT2D eigenvalue weighted by Gasteiger charge is -2.09. The van der Waals surface area contributed by atoms with Crippen LogP contribution in [0.1, 0.15) is 12.8 Å². The molecule has 1 saturated heterocycles. The van der Waals surface area contributed by atoms with Crippen LogP contribution in [0.4, 0.5) is 4.79 Å². The summed E-state index contributed by atoms with van der Waals surface area (Å²) in [6.07, 6.45) is 8.78. The fourth-order valence-electron chi connectivity index (χ4n) is 1.19. The SMILES string of the molecule is NC(=O)N1CCCC1.c1cnccn1. The normalized spacial score (nSPS) is 14.4. The van der Waals surface area contributed by atoms with Crippen LogP contribution in [-0.2, 0) is 0 Å². The maximum Gasteiger partial charge on any atom is 0.314 e. The van der Waals surface area contributed by atoms with E-state index in [0.29, 0.717) is 0 Å². The van der Waals surface area contributed by atoms with Crippen molar-refractivity contribution < 1.29 is 4.79 Å². The van der Waals surface area contributed by atoms with Gasteiger partial charge in [0.15, 0.2) is 0 Å². The summed E-state index contributed by atoms with van der Waals surface area (Å²) in [4.78, 5) is 19.5. The number of carbonyl (C=O) groups excluding carboxylic acids is 1. The van der Waals surface area contributed by atoms with Crippen LogP contribution in [0.3, 0.4) is 0 Å². The maximum atomic E-state index is 10.3. The van der Waals surface area contributed by atoms with Gasteiger partial charge < -0.3 is 10.6 Å². The average Bonchev–Trinajstić information content (AvgIpc) is 2.74. The van der Waals surface area contributed by atoms with Gasteiger partial charge in [-0.15, -0.1) is 0 Å². The summed E-state index contributed by atoms with van der Waals surface area (Å²) in [6.45, 7) is 1.71. The number of likely N-dealkylation sites (tertiary alicyclic amines) is 1. The molecular weight excluding hydrogens is 180 g/mol. The van der Waals surface area contributed by atoms with Gasteiger partial charge in [0.1, 0.15) is 0 Å². The van der Waals surface area contributed by atoms with Gasteiger partial charge in [-0.1, -0.05) is 0 Å². The zero-order valence-corrected chi connectivity index (χ0v) is 7.97. The highest BCUT2D eigenvalue weighted by molar-refractivity contribution is 5.72. The summed E-state index contributed by atoms with van der Waals surface area (Å²) < 4.78 is 0. The lowest BCUT2D eigenvalue weighted by Crippen LogP contribution is -2.32. The Morgan fingerprint density at radius 3 is 1.71 bits per heavy atom. The maximum absolute atomic E-state index is 10.3. The number of primary amides is 1. The van der Waals surface area contributed by atoms with Gasteiger partial charge in [0.05, 0.1) is 0 Å². The molecule has 1 aromatic heterocycles. The summed E-state index contributed by atoms with van der Waals surface area (Å²) in [5, 5.41) is 0. The van der Waals surface area contributed by atoms with E-state index in [1.54, 1.807) is 29.7 Å². The molecule has 5 nitrogen and oxygen atoms in total. The Morgan fingerprint density at radius 2 is 1.50 bits per heavy atom. The molecule has 2 N–H and O–H groups in total. The second-order valence-corrected chi connectivity index (χ2v) is 2.93. The summed E-state index contributed by atoms with van der Waals surface area (Å²) in [6, 6.07) is -0.275. The van der Waals surface area contributed by atoms with Gasteiger partial charge in [-0.25, -0.2) is 4.79 Å². The third-order valence-electron chi connectivity index (χ3n) is 1.90. The molecule has 0 atom stereocenters. The standard InChI is InChI=1S/C5H10N2O.C4H4N2/c6-5(8)7-3-1-2-4-7;1-2-6-4-3-5-1/h1-4H2,(H2,6,8);1-4H. The topological polar surface area (TPSA) is 72.1 Å². The second kappa shape index (κ2) is 5.90. The first-order valence-electron chi connectivity index (χ1n) is 4.55. The number of urea groups is 1. The number of nitrogens with zero attached hydrogens (tertiary/aromatic N) is 3. The molecule has 1 aromatic rings. The quantitative estimate of drug-likeness (QED) is 0.658. The molecule has 1 fully saturated rings. The van der Waals surface area contributed by atoms with Gasteiger partial charge in [-0.05, 0) is 12.8 Å². The molecule has 2 rings (SSSR count). The average molecular weight is 194 g/mol. The number of hydrogen-bond acceptors (Lipinski definition) is 3. The van der Waals surface area contributed by atoms with E-state index >= 15 is 0 Å². The molecule has 1 aliphatic rings. The van der Waals surface area contributed by atoms with Crippen molar-refractivity contribution in [2.45, 2.75) is 12.8 Å². The predicted octanol–water partition coefficient (Wildman–Crippen LogP) is 0.637. The van der Waals surface area contributed by atoms with Crippen molar-refractivity contribution in [2.24, 2.45) is 5.73 Å². The molecule has 0 spiro atoms. The Bertz CT molecular complexity index is 232. The minimum atomic E-state index is -0.275. The van der Waals surface area contributed by atoms with E-state index in [4.69, 9.17) is 5.73 Å². The number of aromatic nitrogens is 2. The smallest absolute Gasteiger partial charge is 0.314 e. The summed E-state index contributed by atoms with van der Waals surface area (Å²) in [5.41, 5.74) is 4.98. The predicted molar refractivity (Wildman–Crippen MR) is 52.4 cm³/mol. The molecule has 0 aromatic carbocycles. The highest BCUT2D eigenvalue weighted by Gasteiger charge is 2.13. The molecule has 0 aliphatic carbocycles. The lowest BCUT2D eigenvalue weighted by molar-refractivity contribution is 0.218. The van der Waals surface area contributed by atoms with E-state index < -0.39 is 0 Å². The van der Waals surface area contributed by atoms with Crippen molar-refractivity contribution in [3.8, 4) is 0 Å². The van der Waals surface area contributed by atoms with Gasteiger partial charge in [0.25, 0.3) is 0 Å². The van der Waals surface area contributed by atoms with Gasteiger partial charge in [0.2, 0.25) is 0 Å². The van der Waals surface area contributed by atoms with Gasteiger partial charge in [0, 0.05) is 37.9 Å². The van der Waals surface area contributed by atoms with Gasteiger partial charge in [-0.2, -0.15) is 0 Å². The fourth-order valence-corrected chi connectivity index (χ4v) is 1.19. The van der Waals surface area contributed by atoms with Crippen molar-refractivity contribution >= 4 is 6.03 Å². The van der Waals surface area contributed by atoms with Crippen LogP contribution < -0.4 is 5.73 Å². The Kier molecular flexibility index (Phi) is 4.40. The number of rotatable bonds is 0. The first-order valence-corrected chi connectivity index (χ1v) is 4.55. The van der Waals surface area contributed by atoms with Gasteiger partial charge >= 0.3 is 6.03 Å². The van der Waals surface area contributed by atoms with E-state index in [1.165, 1.54) is 0 Å². The van der Waals surface area contributed by atoms with Crippen molar-refractivity contribution in [2.75, 3.05) is 13.1 Å². The van der Waals surface area contributed by atoms with Crippen LogP contribution in [0.2, 0.25) is 0 Å². The van der Waals surface area contributed by atoms with Crippen molar-refractivity contribution in [3.63, 3.8) is 0 Å². The van der Waals surface area contributed by atoms with E-state index in [-0.39, 0.29) is 6.03 Å². The van der Waals surface area contributed by atoms with E-state index in [2.05, 4.69) is 9.97 Å².